The summed E-state index contributed by atoms with van der Waals surface area (Å²) in [6.07, 6.45) is 3.47. The van der Waals surface area contributed by atoms with Crippen molar-refractivity contribution in [2.75, 3.05) is 13.1 Å². The Labute approximate surface area is 137 Å². The maximum absolute atomic E-state index is 12.5. The molecule has 1 fully saturated rings. The van der Waals surface area contributed by atoms with Crippen LogP contribution in [0.5, 0.6) is 5.75 Å². The van der Waals surface area contributed by atoms with Crippen LogP contribution in [0.25, 0.3) is 0 Å². The minimum absolute atomic E-state index is 0.0442. The molecule has 1 aliphatic heterocycles. The van der Waals surface area contributed by atoms with Crippen molar-refractivity contribution in [1.29, 1.82) is 0 Å². The number of benzene rings is 1. The molecule has 1 saturated heterocycles. The van der Waals surface area contributed by atoms with E-state index in [0.717, 1.165) is 36.9 Å². The lowest BCUT2D eigenvalue weighted by atomic mass is 10.0. The molecule has 0 aromatic heterocycles. The molecular formula is C18H26N2O3. The monoisotopic (exact) mass is 318 g/mol. The normalized spacial score (nSPS) is 17.8. The second-order valence-corrected chi connectivity index (χ2v) is 6.29. The molecule has 2 amide bonds. The molecule has 1 aromatic carbocycles. The van der Waals surface area contributed by atoms with Crippen molar-refractivity contribution in [2.24, 2.45) is 0 Å². The van der Waals surface area contributed by atoms with E-state index in [9.17, 15) is 14.7 Å². The summed E-state index contributed by atoms with van der Waals surface area (Å²) >= 11 is 0. The summed E-state index contributed by atoms with van der Waals surface area (Å²) in [5.41, 5.74) is 1.62. The quantitative estimate of drug-likeness (QED) is 0.874. The molecule has 0 aliphatic carbocycles. The molecule has 5 heteroatoms. The van der Waals surface area contributed by atoms with Crippen molar-refractivity contribution >= 4 is 11.8 Å². The topological polar surface area (TPSA) is 69.6 Å². The smallest absolute Gasteiger partial charge is 0.227 e. The van der Waals surface area contributed by atoms with Gasteiger partial charge in [-0.1, -0.05) is 19.1 Å². The van der Waals surface area contributed by atoms with Gasteiger partial charge >= 0.3 is 0 Å². The fraction of sp³-hybridized carbons (Fsp3) is 0.556. The molecule has 1 aliphatic rings. The van der Waals surface area contributed by atoms with Gasteiger partial charge in [-0.15, -0.1) is 0 Å². The zero-order chi connectivity index (χ0) is 16.8. The van der Waals surface area contributed by atoms with Gasteiger partial charge in [0, 0.05) is 25.6 Å². The maximum atomic E-state index is 12.5. The Kier molecular flexibility index (Phi) is 6.02. The molecule has 126 valence electrons. The zero-order valence-corrected chi connectivity index (χ0v) is 14.0. The van der Waals surface area contributed by atoms with Gasteiger partial charge in [-0.05, 0) is 43.4 Å². The summed E-state index contributed by atoms with van der Waals surface area (Å²) in [4.78, 5) is 26.0. The minimum Gasteiger partial charge on any atom is -0.508 e. The van der Waals surface area contributed by atoms with Crippen LogP contribution in [0.4, 0.5) is 0 Å². The van der Waals surface area contributed by atoms with Crippen LogP contribution in [-0.4, -0.2) is 41.0 Å². The van der Waals surface area contributed by atoms with Crippen LogP contribution in [-0.2, 0) is 16.0 Å². The highest BCUT2D eigenvalue weighted by Crippen LogP contribution is 2.19. The number of aryl methyl sites for hydroxylation is 1. The highest BCUT2D eigenvalue weighted by Gasteiger charge is 2.24. The van der Waals surface area contributed by atoms with E-state index in [1.165, 1.54) is 0 Å². The number of piperidine rings is 1. The van der Waals surface area contributed by atoms with Crippen LogP contribution >= 0.6 is 0 Å². The predicted molar refractivity (Wildman–Crippen MR) is 89.2 cm³/mol. The molecule has 0 radical (unpaired) electrons. The third kappa shape index (κ3) is 4.98. The summed E-state index contributed by atoms with van der Waals surface area (Å²) < 4.78 is 0. The van der Waals surface area contributed by atoms with Gasteiger partial charge in [0.1, 0.15) is 5.75 Å². The van der Waals surface area contributed by atoms with Crippen LogP contribution in [0.2, 0.25) is 0 Å². The molecular weight excluding hydrogens is 292 g/mol. The maximum Gasteiger partial charge on any atom is 0.227 e. The first-order valence-electron chi connectivity index (χ1n) is 8.35. The van der Waals surface area contributed by atoms with Gasteiger partial charge in [-0.25, -0.2) is 0 Å². The molecule has 2 rings (SSSR count). The van der Waals surface area contributed by atoms with Crippen LogP contribution in [0.3, 0.4) is 0 Å². The van der Waals surface area contributed by atoms with E-state index in [-0.39, 0.29) is 30.0 Å². The molecule has 23 heavy (non-hydrogen) atoms. The van der Waals surface area contributed by atoms with E-state index in [2.05, 4.69) is 5.32 Å². The largest absolute Gasteiger partial charge is 0.508 e. The van der Waals surface area contributed by atoms with E-state index in [4.69, 9.17) is 0 Å². The predicted octanol–water partition coefficient (Wildman–Crippen LogP) is 2.15. The number of hydrogen-bond acceptors (Lipinski definition) is 3. The molecule has 0 saturated carbocycles. The number of aromatic hydroxyl groups is 1. The van der Waals surface area contributed by atoms with Gasteiger partial charge in [0.25, 0.3) is 0 Å². The van der Waals surface area contributed by atoms with Gasteiger partial charge in [-0.2, -0.15) is 0 Å². The molecule has 0 bridgehead atoms. The average Bonchev–Trinajstić information content (AvgIpc) is 2.51. The van der Waals surface area contributed by atoms with Crippen LogP contribution < -0.4 is 5.32 Å². The molecule has 5 nitrogen and oxygen atoms in total. The number of carbonyl (C=O) groups excluding carboxylic acids is 2. The highest BCUT2D eigenvalue weighted by atomic mass is 16.3. The third-order valence-electron chi connectivity index (χ3n) is 4.25. The number of nitrogens with one attached hydrogen (secondary N) is 1. The molecule has 1 atom stereocenters. The number of rotatable bonds is 5. The van der Waals surface area contributed by atoms with Crippen LogP contribution in [0, 0.1) is 6.92 Å². The zero-order valence-electron chi connectivity index (χ0n) is 14.0. The van der Waals surface area contributed by atoms with Crippen molar-refractivity contribution in [3.05, 3.63) is 29.3 Å². The molecule has 1 aromatic rings. The first-order valence-corrected chi connectivity index (χ1v) is 8.35. The Morgan fingerprint density at radius 3 is 2.87 bits per heavy atom. The number of phenolic OH excluding ortho intramolecular Hbond substituents is 1. The van der Waals surface area contributed by atoms with Gasteiger partial charge < -0.3 is 15.3 Å². The summed E-state index contributed by atoms with van der Waals surface area (Å²) in [5, 5.41) is 12.8. The Morgan fingerprint density at radius 1 is 1.39 bits per heavy atom. The van der Waals surface area contributed by atoms with Crippen molar-refractivity contribution in [3.8, 4) is 5.75 Å². The first-order chi connectivity index (χ1) is 11.0. The molecule has 1 heterocycles. The number of hydrogen-bond donors (Lipinski definition) is 2. The van der Waals surface area contributed by atoms with Gasteiger partial charge in [0.15, 0.2) is 0 Å². The fourth-order valence-electron chi connectivity index (χ4n) is 2.90. The number of nitrogens with zero attached hydrogens (tertiary/aromatic N) is 1. The van der Waals surface area contributed by atoms with E-state index >= 15 is 0 Å². The number of carbonyl (C=O) groups is 2. The van der Waals surface area contributed by atoms with Crippen molar-refractivity contribution in [2.45, 2.75) is 52.0 Å². The second kappa shape index (κ2) is 7.99. The van der Waals surface area contributed by atoms with Gasteiger partial charge in [0.05, 0.1) is 6.42 Å². The summed E-state index contributed by atoms with van der Waals surface area (Å²) in [7, 11) is 0. The standard InChI is InChI=1S/C18H26N2O3/c1-3-5-17(22)19-15-6-4-9-20(12-15)18(23)11-14-8-7-13(2)16(21)10-14/h7-8,10,15,21H,3-6,9,11-12H2,1-2H3,(H,19,22)/t15-/m1/s1. The van der Waals surface area contributed by atoms with Crippen molar-refractivity contribution in [3.63, 3.8) is 0 Å². The molecule has 0 spiro atoms. The molecule has 0 unspecified atom stereocenters. The van der Waals surface area contributed by atoms with Gasteiger partial charge in [0.2, 0.25) is 11.8 Å². The Morgan fingerprint density at radius 2 is 2.17 bits per heavy atom. The Balaban J connectivity index is 1.91. The summed E-state index contributed by atoms with van der Waals surface area (Å²) in [6.45, 7) is 5.12. The van der Waals surface area contributed by atoms with Gasteiger partial charge in [-0.3, -0.25) is 9.59 Å². The van der Waals surface area contributed by atoms with Crippen molar-refractivity contribution < 1.29 is 14.7 Å². The fourth-order valence-corrected chi connectivity index (χ4v) is 2.90. The summed E-state index contributed by atoms with van der Waals surface area (Å²) in [6, 6.07) is 5.40. The van der Waals surface area contributed by atoms with E-state index in [1.807, 2.05) is 30.9 Å². The SMILES string of the molecule is CCCC(=O)N[C@@H]1CCCN(C(=O)Cc2ccc(C)c(O)c2)C1. The lowest BCUT2D eigenvalue weighted by Crippen LogP contribution is -2.49. The number of amides is 2. The lowest BCUT2D eigenvalue weighted by Gasteiger charge is -2.33. The molecule has 2 N–H and O–H groups in total. The average molecular weight is 318 g/mol. The Hall–Kier alpha value is -2.04. The van der Waals surface area contributed by atoms with E-state index in [1.54, 1.807) is 6.07 Å². The van der Waals surface area contributed by atoms with E-state index < -0.39 is 0 Å². The minimum atomic E-state index is 0.0442. The van der Waals surface area contributed by atoms with Crippen LogP contribution in [0.1, 0.15) is 43.7 Å². The number of phenols is 1. The summed E-state index contributed by atoms with van der Waals surface area (Å²) in [5.74, 6) is 0.330. The van der Waals surface area contributed by atoms with E-state index in [0.29, 0.717) is 13.0 Å². The second-order valence-electron chi connectivity index (χ2n) is 6.29. The first kappa shape index (κ1) is 17.3. The Bertz CT molecular complexity index is 571. The third-order valence-corrected chi connectivity index (χ3v) is 4.25. The highest BCUT2D eigenvalue weighted by molar-refractivity contribution is 5.79. The lowest BCUT2D eigenvalue weighted by molar-refractivity contribution is -0.133. The van der Waals surface area contributed by atoms with Crippen molar-refractivity contribution in [1.82, 2.24) is 10.2 Å². The van der Waals surface area contributed by atoms with Crippen LogP contribution in [0.15, 0.2) is 18.2 Å². The number of likely N-dealkylation sites (tertiary alicyclic amines) is 1.